The SMILES string of the molecule is Cc1nc(NC2CCCCC2)c2oc3ccccc3c2n1.Cl. The van der Waals surface area contributed by atoms with E-state index in [0.717, 1.165) is 33.7 Å². The van der Waals surface area contributed by atoms with Crippen molar-refractivity contribution in [1.29, 1.82) is 0 Å². The van der Waals surface area contributed by atoms with Gasteiger partial charge in [0.2, 0.25) is 0 Å². The lowest BCUT2D eigenvalue weighted by atomic mass is 9.95. The summed E-state index contributed by atoms with van der Waals surface area (Å²) in [6, 6.07) is 8.54. The molecule has 2 heterocycles. The largest absolute Gasteiger partial charge is 0.450 e. The monoisotopic (exact) mass is 317 g/mol. The lowest BCUT2D eigenvalue weighted by Crippen LogP contribution is -2.23. The lowest BCUT2D eigenvalue weighted by molar-refractivity contribution is 0.461. The molecule has 116 valence electrons. The highest BCUT2D eigenvalue weighted by atomic mass is 35.5. The molecule has 1 fully saturated rings. The second-order valence-electron chi connectivity index (χ2n) is 5.87. The number of hydrogen-bond acceptors (Lipinski definition) is 4. The fourth-order valence-electron chi connectivity index (χ4n) is 3.24. The van der Waals surface area contributed by atoms with Gasteiger partial charge in [-0.3, -0.25) is 0 Å². The molecule has 2 aromatic heterocycles. The molecule has 0 bridgehead atoms. The maximum atomic E-state index is 5.99. The molecule has 1 aliphatic rings. The molecular formula is C17H20ClN3O. The van der Waals surface area contributed by atoms with Crippen molar-refractivity contribution < 1.29 is 4.42 Å². The van der Waals surface area contributed by atoms with Gasteiger partial charge < -0.3 is 9.73 Å². The Morgan fingerprint density at radius 1 is 1.09 bits per heavy atom. The van der Waals surface area contributed by atoms with Crippen LogP contribution < -0.4 is 5.32 Å². The average molecular weight is 318 g/mol. The molecular weight excluding hydrogens is 298 g/mol. The predicted molar refractivity (Wildman–Crippen MR) is 91.8 cm³/mol. The summed E-state index contributed by atoms with van der Waals surface area (Å²) in [5.74, 6) is 1.63. The highest BCUT2D eigenvalue weighted by Gasteiger charge is 2.18. The molecule has 0 aliphatic heterocycles. The van der Waals surface area contributed by atoms with Crippen molar-refractivity contribution in [3.8, 4) is 0 Å². The fourth-order valence-corrected chi connectivity index (χ4v) is 3.24. The molecule has 1 saturated carbocycles. The number of aromatic nitrogens is 2. The van der Waals surface area contributed by atoms with E-state index in [2.05, 4.69) is 21.4 Å². The summed E-state index contributed by atoms with van der Waals surface area (Å²) in [6.07, 6.45) is 6.37. The number of benzene rings is 1. The standard InChI is InChI=1S/C17H19N3O.ClH/c1-11-18-15-13-9-5-6-10-14(13)21-16(15)17(19-11)20-12-7-3-2-4-8-12;/h5-6,9-10,12H,2-4,7-8H2,1H3,(H,18,19,20);1H. The van der Waals surface area contributed by atoms with Gasteiger partial charge in [-0.05, 0) is 31.9 Å². The van der Waals surface area contributed by atoms with Crippen LogP contribution in [0.15, 0.2) is 28.7 Å². The van der Waals surface area contributed by atoms with Crippen LogP contribution >= 0.6 is 12.4 Å². The zero-order valence-electron chi connectivity index (χ0n) is 12.6. The van der Waals surface area contributed by atoms with Crippen LogP contribution in [0.2, 0.25) is 0 Å². The van der Waals surface area contributed by atoms with E-state index in [9.17, 15) is 0 Å². The number of nitrogens with one attached hydrogen (secondary N) is 1. The number of halogens is 1. The molecule has 22 heavy (non-hydrogen) atoms. The highest BCUT2D eigenvalue weighted by Crippen LogP contribution is 2.32. The summed E-state index contributed by atoms with van der Waals surface area (Å²) in [5.41, 5.74) is 2.57. The molecule has 0 radical (unpaired) electrons. The predicted octanol–water partition coefficient (Wildman–Crippen LogP) is 4.85. The molecule has 0 atom stereocenters. The van der Waals surface area contributed by atoms with Crippen LogP contribution in [-0.4, -0.2) is 16.0 Å². The smallest absolute Gasteiger partial charge is 0.196 e. The van der Waals surface area contributed by atoms with Gasteiger partial charge in [0.1, 0.15) is 16.9 Å². The van der Waals surface area contributed by atoms with E-state index < -0.39 is 0 Å². The molecule has 1 aliphatic carbocycles. The number of anilines is 1. The fraction of sp³-hybridized carbons (Fsp3) is 0.412. The summed E-state index contributed by atoms with van der Waals surface area (Å²) in [6.45, 7) is 1.94. The van der Waals surface area contributed by atoms with E-state index in [1.165, 1.54) is 32.1 Å². The molecule has 4 rings (SSSR count). The third-order valence-electron chi connectivity index (χ3n) is 4.28. The maximum Gasteiger partial charge on any atom is 0.196 e. The van der Waals surface area contributed by atoms with Gasteiger partial charge in [-0.2, -0.15) is 0 Å². The molecule has 0 saturated heterocycles. The normalized spacial score (nSPS) is 15.9. The first-order valence-electron chi connectivity index (χ1n) is 7.74. The number of aryl methyl sites for hydroxylation is 1. The van der Waals surface area contributed by atoms with Crippen molar-refractivity contribution in [2.75, 3.05) is 5.32 Å². The number of furan rings is 1. The van der Waals surface area contributed by atoms with Crippen molar-refractivity contribution in [3.63, 3.8) is 0 Å². The second kappa shape index (κ2) is 6.13. The third-order valence-corrected chi connectivity index (χ3v) is 4.28. The van der Waals surface area contributed by atoms with Gasteiger partial charge in [0.15, 0.2) is 11.4 Å². The van der Waals surface area contributed by atoms with Gasteiger partial charge in [-0.25, -0.2) is 9.97 Å². The number of hydrogen-bond donors (Lipinski definition) is 1. The summed E-state index contributed by atoms with van der Waals surface area (Å²) < 4.78 is 5.99. The van der Waals surface area contributed by atoms with Gasteiger partial charge in [-0.15, -0.1) is 12.4 Å². The van der Waals surface area contributed by atoms with Crippen molar-refractivity contribution in [1.82, 2.24) is 9.97 Å². The molecule has 0 amide bonds. The van der Waals surface area contributed by atoms with Gasteiger partial charge in [0, 0.05) is 11.4 Å². The van der Waals surface area contributed by atoms with Gasteiger partial charge in [-0.1, -0.05) is 31.4 Å². The second-order valence-corrected chi connectivity index (χ2v) is 5.87. The molecule has 5 heteroatoms. The van der Waals surface area contributed by atoms with Crippen LogP contribution in [-0.2, 0) is 0 Å². The van der Waals surface area contributed by atoms with Crippen LogP contribution in [0.25, 0.3) is 22.1 Å². The molecule has 1 aromatic carbocycles. The van der Waals surface area contributed by atoms with E-state index in [-0.39, 0.29) is 12.4 Å². The Hall–Kier alpha value is -1.81. The topological polar surface area (TPSA) is 51.0 Å². The van der Waals surface area contributed by atoms with Crippen molar-refractivity contribution in [2.24, 2.45) is 0 Å². The van der Waals surface area contributed by atoms with E-state index in [1.807, 2.05) is 25.1 Å². The summed E-state index contributed by atoms with van der Waals surface area (Å²) in [5, 5.41) is 4.64. The first-order chi connectivity index (χ1) is 10.3. The Bertz CT molecular complexity index is 793. The summed E-state index contributed by atoms with van der Waals surface area (Å²) in [7, 11) is 0. The van der Waals surface area contributed by atoms with Gasteiger partial charge in [0.05, 0.1) is 0 Å². The van der Waals surface area contributed by atoms with Crippen LogP contribution in [0, 0.1) is 6.92 Å². The first-order valence-corrected chi connectivity index (χ1v) is 7.74. The zero-order valence-corrected chi connectivity index (χ0v) is 13.4. The van der Waals surface area contributed by atoms with Crippen LogP contribution in [0.4, 0.5) is 5.82 Å². The van der Waals surface area contributed by atoms with E-state index >= 15 is 0 Å². The Morgan fingerprint density at radius 2 is 1.86 bits per heavy atom. The minimum Gasteiger partial charge on any atom is -0.450 e. The number of para-hydroxylation sites is 1. The number of rotatable bonds is 2. The quantitative estimate of drug-likeness (QED) is 0.734. The van der Waals surface area contributed by atoms with E-state index in [4.69, 9.17) is 4.42 Å². The lowest BCUT2D eigenvalue weighted by Gasteiger charge is -2.23. The zero-order chi connectivity index (χ0) is 14.2. The molecule has 1 N–H and O–H groups in total. The minimum atomic E-state index is 0. The Balaban J connectivity index is 0.00000144. The third kappa shape index (κ3) is 2.63. The van der Waals surface area contributed by atoms with Crippen LogP contribution in [0.1, 0.15) is 37.9 Å². The highest BCUT2D eigenvalue weighted by molar-refractivity contribution is 6.05. The number of nitrogens with zero attached hydrogens (tertiary/aromatic N) is 2. The number of fused-ring (bicyclic) bond motifs is 3. The molecule has 0 unspecified atom stereocenters. The Kier molecular flexibility index (Phi) is 4.21. The first kappa shape index (κ1) is 15.1. The van der Waals surface area contributed by atoms with Crippen molar-refractivity contribution in [2.45, 2.75) is 45.1 Å². The van der Waals surface area contributed by atoms with Crippen molar-refractivity contribution in [3.05, 3.63) is 30.1 Å². The summed E-state index contributed by atoms with van der Waals surface area (Å²) >= 11 is 0. The van der Waals surface area contributed by atoms with Crippen LogP contribution in [0.5, 0.6) is 0 Å². The Labute approximate surface area is 135 Å². The van der Waals surface area contributed by atoms with Crippen molar-refractivity contribution >= 4 is 40.3 Å². The maximum absolute atomic E-state index is 5.99. The van der Waals surface area contributed by atoms with Gasteiger partial charge in [0.25, 0.3) is 0 Å². The molecule has 0 spiro atoms. The molecule has 4 nitrogen and oxygen atoms in total. The van der Waals surface area contributed by atoms with Gasteiger partial charge >= 0.3 is 0 Å². The minimum absolute atomic E-state index is 0. The Morgan fingerprint density at radius 3 is 2.68 bits per heavy atom. The van der Waals surface area contributed by atoms with E-state index in [0.29, 0.717) is 6.04 Å². The summed E-state index contributed by atoms with van der Waals surface area (Å²) in [4.78, 5) is 9.15. The van der Waals surface area contributed by atoms with E-state index in [1.54, 1.807) is 0 Å². The van der Waals surface area contributed by atoms with Crippen LogP contribution in [0.3, 0.4) is 0 Å². The molecule has 3 aromatic rings. The average Bonchev–Trinajstić information content (AvgIpc) is 2.87.